The number of hydrogen-bond acceptors (Lipinski definition) is 5. The molecule has 5 aromatic rings. The van der Waals surface area contributed by atoms with Crippen molar-refractivity contribution in [1.82, 2.24) is 15.0 Å². The van der Waals surface area contributed by atoms with Gasteiger partial charge in [-0.3, -0.25) is 14.6 Å². The molecule has 2 N–H and O–H groups in total. The number of hydrogen-bond donors (Lipinski definition) is 2. The number of fused-ring (bicyclic) bond motifs is 2. The van der Waals surface area contributed by atoms with Gasteiger partial charge in [0.2, 0.25) is 5.91 Å². The Bertz CT molecular complexity index is 1610. The van der Waals surface area contributed by atoms with Gasteiger partial charge in [-0.1, -0.05) is 36.4 Å². The molecule has 0 aliphatic rings. The summed E-state index contributed by atoms with van der Waals surface area (Å²) in [5, 5.41) is 8.60. The van der Waals surface area contributed by atoms with Gasteiger partial charge in [-0.2, -0.15) is 5.10 Å². The highest BCUT2D eigenvalue weighted by Gasteiger charge is 2.11. The van der Waals surface area contributed by atoms with E-state index in [0.717, 1.165) is 21.9 Å². The highest BCUT2D eigenvalue weighted by Crippen LogP contribution is 2.23. The molecule has 2 aromatic heterocycles. The zero-order valence-corrected chi connectivity index (χ0v) is 20.8. The van der Waals surface area contributed by atoms with Crippen molar-refractivity contribution in [3.05, 3.63) is 103 Å². The number of carbonyl (C=O) groups is 2. The minimum atomic E-state index is -0.424. The largest absolute Gasteiger partial charge is 0.481 e. The van der Waals surface area contributed by atoms with Crippen LogP contribution in [0.5, 0.6) is 5.75 Å². The second kappa shape index (κ2) is 12.0. The van der Waals surface area contributed by atoms with Gasteiger partial charge in [0.1, 0.15) is 23.6 Å². The number of para-hydroxylation sites is 2. The number of halogens is 2. The van der Waals surface area contributed by atoms with E-state index in [2.05, 4.69) is 20.8 Å². The van der Waals surface area contributed by atoms with Crippen LogP contribution in [0.3, 0.4) is 0 Å². The first-order valence-corrected chi connectivity index (χ1v) is 11.5. The van der Waals surface area contributed by atoms with Gasteiger partial charge in [0.25, 0.3) is 5.91 Å². The van der Waals surface area contributed by atoms with Crippen LogP contribution in [0.4, 0.5) is 10.1 Å². The van der Waals surface area contributed by atoms with E-state index in [9.17, 15) is 14.0 Å². The second-order valence-corrected chi connectivity index (χ2v) is 8.20. The lowest BCUT2D eigenvalue weighted by Crippen LogP contribution is -2.24. The van der Waals surface area contributed by atoms with Gasteiger partial charge in [-0.05, 0) is 42.5 Å². The SMILES string of the molecule is Cl.O=C(COc1cccc2cccnc12)NN=Cc1cn(CC(=O)Nc2ccc(F)cc2)c2ccccc12. The van der Waals surface area contributed by atoms with E-state index in [1.165, 1.54) is 30.5 Å². The molecule has 38 heavy (non-hydrogen) atoms. The van der Waals surface area contributed by atoms with Gasteiger partial charge < -0.3 is 14.6 Å². The molecular weight excluding hydrogens is 509 g/mol. The van der Waals surface area contributed by atoms with Crippen molar-refractivity contribution >= 4 is 57.9 Å². The molecule has 0 atom stereocenters. The number of nitrogens with zero attached hydrogens (tertiary/aromatic N) is 3. The predicted molar refractivity (Wildman–Crippen MR) is 147 cm³/mol. The number of ether oxygens (including phenoxy) is 1. The summed E-state index contributed by atoms with van der Waals surface area (Å²) in [5.41, 5.74) is 5.21. The molecule has 0 unspecified atom stereocenters. The van der Waals surface area contributed by atoms with Crippen LogP contribution in [0, 0.1) is 5.82 Å². The third kappa shape index (κ3) is 6.13. The maximum absolute atomic E-state index is 13.1. The molecule has 2 amide bonds. The molecule has 192 valence electrons. The quantitative estimate of drug-likeness (QED) is 0.219. The lowest BCUT2D eigenvalue weighted by atomic mass is 10.2. The Labute approximate surface area is 223 Å². The first-order valence-electron chi connectivity index (χ1n) is 11.5. The Morgan fingerprint density at radius 2 is 1.76 bits per heavy atom. The molecule has 0 spiro atoms. The summed E-state index contributed by atoms with van der Waals surface area (Å²) < 4.78 is 20.5. The number of hydrazone groups is 1. The topological polar surface area (TPSA) is 97.6 Å². The molecule has 0 aliphatic carbocycles. The standard InChI is InChI=1S/C28H22FN5O3.ClH/c29-21-10-12-22(13-11-21)32-26(35)17-34-16-20(23-7-1-2-8-24(23)34)15-31-33-27(36)18-37-25-9-3-5-19-6-4-14-30-28(19)25;/h1-16H,17-18H2,(H,32,35)(H,33,36);1H. The number of pyridine rings is 1. The highest BCUT2D eigenvalue weighted by atomic mass is 35.5. The number of carbonyl (C=O) groups excluding carboxylic acids is 2. The summed E-state index contributed by atoms with van der Waals surface area (Å²) >= 11 is 0. The molecule has 0 aliphatic heterocycles. The van der Waals surface area contributed by atoms with E-state index in [1.807, 2.05) is 48.5 Å². The van der Waals surface area contributed by atoms with Crippen molar-refractivity contribution in [3.63, 3.8) is 0 Å². The monoisotopic (exact) mass is 531 g/mol. The number of nitrogens with one attached hydrogen (secondary N) is 2. The van der Waals surface area contributed by atoms with Gasteiger partial charge in [-0.15, -0.1) is 12.4 Å². The summed E-state index contributed by atoms with van der Waals surface area (Å²) in [5.74, 6) is -0.544. The molecule has 0 saturated heterocycles. The van der Waals surface area contributed by atoms with Crippen molar-refractivity contribution in [2.24, 2.45) is 5.10 Å². The maximum Gasteiger partial charge on any atom is 0.277 e. The Hall–Kier alpha value is -4.76. The van der Waals surface area contributed by atoms with E-state index in [-0.39, 0.29) is 37.3 Å². The molecule has 0 fully saturated rings. The van der Waals surface area contributed by atoms with Crippen molar-refractivity contribution in [2.75, 3.05) is 11.9 Å². The van der Waals surface area contributed by atoms with Crippen LogP contribution < -0.4 is 15.5 Å². The second-order valence-electron chi connectivity index (χ2n) is 8.20. The zero-order chi connectivity index (χ0) is 25.6. The van der Waals surface area contributed by atoms with Crippen LogP contribution in [0.15, 0.2) is 96.4 Å². The normalized spacial score (nSPS) is 10.9. The summed E-state index contributed by atoms with van der Waals surface area (Å²) in [4.78, 5) is 29.2. The van der Waals surface area contributed by atoms with Crippen molar-refractivity contribution in [2.45, 2.75) is 6.54 Å². The fourth-order valence-corrected chi connectivity index (χ4v) is 3.94. The van der Waals surface area contributed by atoms with Crippen molar-refractivity contribution in [1.29, 1.82) is 0 Å². The number of amides is 2. The van der Waals surface area contributed by atoms with Gasteiger partial charge in [0.05, 0.1) is 6.21 Å². The number of anilines is 1. The molecule has 0 saturated carbocycles. The number of rotatable bonds is 8. The van der Waals surface area contributed by atoms with Crippen LogP contribution >= 0.6 is 12.4 Å². The first kappa shape index (κ1) is 26.3. The number of benzene rings is 3. The lowest BCUT2D eigenvalue weighted by Gasteiger charge is -2.07. The molecule has 5 rings (SSSR count). The fraction of sp³-hybridized carbons (Fsp3) is 0.0714. The lowest BCUT2D eigenvalue weighted by molar-refractivity contribution is -0.123. The number of aromatic nitrogens is 2. The van der Waals surface area contributed by atoms with Crippen LogP contribution in [0.1, 0.15) is 5.56 Å². The smallest absolute Gasteiger partial charge is 0.277 e. The van der Waals surface area contributed by atoms with Gasteiger partial charge in [0.15, 0.2) is 6.61 Å². The van der Waals surface area contributed by atoms with Crippen LogP contribution in [-0.2, 0) is 16.1 Å². The summed E-state index contributed by atoms with van der Waals surface area (Å²) in [6.45, 7) is -0.177. The fourth-order valence-electron chi connectivity index (χ4n) is 3.94. The summed E-state index contributed by atoms with van der Waals surface area (Å²) in [7, 11) is 0. The molecule has 10 heteroatoms. The van der Waals surface area contributed by atoms with Gasteiger partial charge >= 0.3 is 0 Å². The van der Waals surface area contributed by atoms with Crippen molar-refractivity contribution in [3.8, 4) is 5.75 Å². The zero-order valence-electron chi connectivity index (χ0n) is 20.0. The Morgan fingerprint density at radius 3 is 2.61 bits per heavy atom. The van der Waals surface area contributed by atoms with Gasteiger partial charge in [-0.25, -0.2) is 9.82 Å². The Kier molecular flexibility index (Phi) is 8.30. The minimum absolute atomic E-state index is 0. The van der Waals surface area contributed by atoms with E-state index >= 15 is 0 Å². The first-order chi connectivity index (χ1) is 18.1. The Balaban J connectivity index is 0.00000336. The third-order valence-corrected chi connectivity index (χ3v) is 5.61. The summed E-state index contributed by atoms with van der Waals surface area (Å²) in [6.07, 6.45) is 4.97. The predicted octanol–water partition coefficient (Wildman–Crippen LogP) is 4.92. The molecule has 2 heterocycles. The van der Waals surface area contributed by atoms with Crippen molar-refractivity contribution < 1.29 is 18.7 Å². The molecule has 0 bridgehead atoms. The molecule has 0 radical (unpaired) electrons. The van der Waals surface area contributed by atoms with E-state index in [1.54, 1.807) is 23.0 Å². The highest BCUT2D eigenvalue weighted by molar-refractivity contribution is 6.01. The third-order valence-electron chi connectivity index (χ3n) is 5.61. The van der Waals surface area contributed by atoms with Gasteiger partial charge in [0, 0.05) is 39.9 Å². The van der Waals surface area contributed by atoms with Crippen LogP contribution in [0.25, 0.3) is 21.8 Å². The molecule has 3 aromatic carbocycles. The maximum atomic E-state index is 13.1. The van der Waals surface area contributed by atoms with E-state index in [4.69, 9.17) is 4.74 Å². The summed E-state index contributed by atoms with van der Waals surface area (Å²) in [6, 6.07) is 22.4. The van der Waals surface area contributed by atoms with Crippen LogP contribution in [0.2, 0.25) is 0 Å². The Morgan fingerprint density at radius 1 is 0.974 bits per heavy atom. The molecular formula is C28H23ClFN5O3. The van der Waals surface area contributed by atoms with E-state index < -0.39 is 5.91 Å². The van der Waals surface area contributed by atoms with Crippen LogP contribution in [-0.4, -0.2) is 34.2 Å². The minimum Gasteiger partial charge on any atom is -0.481 e. The average Bonchev–Trinajstić information content (AvgIpc) is 3.26. The molecule has 8 nitrogen and oxygen atoms in total. The average molecular weight is 532 g/mol. The van der Waals surface area contributed by atoms with E-state index in [0.29, 0.717) is 17.0 Å².